The van der Waals surface area contributed by atoms with E-state index in [0.717, 1.165) is 5.39 Å². The van der Waals surface area contributed by atoms with Gasteiger partial charge in [0, 0.05) is 11.6 Å². The summed E-state index contributed by atoms with van der Waals surface area (Å²) in [5.41, 5.74) is 1.33. The Labute approximate surface area is 115 Å². The molecule has 0 spiro atoms. The number of hydrogen-bond acceptors (Lipinski definition) is 4. The second-order valence-electron chi connectivity index (χ2n) is 4.51. The number of pyridine rings is 1. The van der Waals surface area contributed by atoms with Crippen LogP contribution in [0, 0.1) is 0 Å². The molecule has 6 heteroatoms. The largest absolute Gasteiger partial charge is 0.369 e. The lowest BCUT2D eigenvalue weighted by atomic mass is 10.2. The number of benzene rings is 1. The topological polar surface area (TPSA) is 80.3 Å². The zero-order chi connectivity index (χ0) is 13.9. The molecule has 1 aliphatic heterocycles. The molecule has 0 aliphatic carbocycles. The highest BCUT2D eigenvalue weighted by atomic mass is 16.5. The highest BCUT2D eigenvalue weighted by Crippen LogP contribution is 2.20. The minimum atomic E-state index is -0.671. The van der Waals surface area contributed by atoms with Crippen LogP contribution in [0.5, 0.6) is 0 Å². The molecule has 1 unspecified atom stereocenters. The normalized spacial score (nSPS) is 18.6. The molecule has 102 valence electrons. The van der Waals surface area contributed by atoms with Gasteiger partial charge in [0.2, 0.25) is 11.8 Å². The van der Waals surface area contributed by atoms with Crippen LogP contribution >= 0.6 is 0 Å². The quantitative estimate of drug-likeness (QED) is 0.842. The molecule has 2 aromatic rings. The van der Waals surface area contributed by atoms with Crippen molar-refractivity contribution in [2.75, 3.05) is 18.5 Å². The third kappa shape index (κ3) is 2.46. The monoisotopic (exact) mass is 271 g/mol. The van der Waals surface area contributed by atoms with Crippen LogP contribution in [0.4, 0.5) is 5.69 Å². The predicted octanol–water partition coefficient (Wildman–Crippen LogP) is 0.688. The van der Waals surface area contributed by atoms with Crippen LogP contribution in [0.1, 0.15) is 0 Å². The van der Waals surface area contributed by atoms with Crippen LogP contribution in [-0.4, -0.2) is 36.1 Å². The van der Waals surface area contributed by atoms with Crippen LogP contribution in [0.15, 0.2) is 36.5 Å². The zero-order valence-electron chi connectivity index (χ0n) is 10.6. The van der Waals surface area contributed by atoms with Crippen LogP contribution in [0.2, 0.25) is 0 Å². The number of morpholine rings is 1. The summed E-state index contributed by atoms with van der Waals surface area (Å²) >= 11 is 0. The molecule has 1 saturated heterocycles. The van der Waals surface area contributed by atoms with Crippen molar-refractivity contribution in [3.05, 3.63) is 36.5 Å². The van der Waals surface area contributed by atoms with E-state index in [4.69, 9.17) is 4.74 Å². The molecule has 1 aromatic heterocycles. The Morgan fingerprint density at radius 1 is 1.35 bits per heavy atom. The van der Waals surface area contributed by atoms with Crippen molar-refractivity contribution in [2.24, 2.45) is 0 Å². The van der Waals surface area contributed by atoms with E-state index in [1.165, 1.54) is 0 Å². The fraction of sp³-hybridized carbons (Fsp3) is 0.214. The van der Waals surface area contributed by atoms with Gasteiger partial charge < -0.3 is 15.4 Å². The van der Waals surface area contributed by atoms with Gasteiger partial charge in [0.1, 0.15) is 12.6 Å². The SMILES string of the molecule is O=C1COCC(C(=O)Nc2cccc3cccnc23)N1. The highest BCUT2D eigenvalue weighted by Gasteiger charge is 2.25. The minimum absolute atomic E-state index is 0.000394. The molecule has 20 heavy (non-hydrogen) atoms. The Morgan fingerprint density at radius 3 is 3.05 bits per heavy atom. The van der Waals surface area contributed by atoms with Crippen LogP contribution in [-0.2, 0) is 14.3 Å². The Bertz CT molecular complexity index is 666. The Kier molecular flexibility index (Phi) is 3.30. The lowest BCUT2D eigenvalue weighted by Gasteiger charge is -2.22. The van der Waals surface area contributed by atoms with E-state index >= 15 is 0 Å². The van der Waals surface area contributed by atoms with Crippen LogP contribution in [0.25, 0.3) is 10.9 Å². The number of nitrogens with one attached hydrogen (secondary N) is 2. The molecular formula is C14H13N3O3. The maximum atomic E-state index is 12.1. The lowest BCUT2D eigenvalue weighted by Crippen LogP contribution is -2.51. The third-order valence-corrected chi connectivity index (χ3v) is 3.06. The van der Waals surface area contributed by atoms with Crippen molar-refractivity contribution >= 4 is 28.4 Å². The number of fused-ring (bicyclic) bond motifs is 1. The van der Waals surface area contributed by atoms with E-state index in [1.807, 2.05) is 24.3 Å². The van der Waals surface area contributed by atoms with Gasteiger partial charge >= 0.3 is 0 Å². The zero-order valence-corrected chi connectivity index (χ0v) is 10.6. The van der Waals surface area contributed by atoms with Gasteiger partial charge in [-0.25, -0.2) is 0 Å². The summed E-state index contributed by atoms with van der Waals surface area (Å²) in [4.78, 5) is 27.6. The molecule has 1 fully saturated rings. The van der Waals surface area contributed by atoms with Gasteiger partial charge in [-0.15, -0.1) is 0 Å². The molecule has 1 aromatic carbocycles. The first-order valence-corrected chi connectivity index (χ1v) is 6.26. The lowest BCUT2D eigenvalue weighted by molar-refractivity contribution is -0.136. The summed E-state index contributed by atoms with van der Waals surface area (Å²) in [7, 11) is 0. The molecule has 0 radical (unpaired) electrons. The van der Waals surface area contributed by atoms with Gasteiger partial charge in [0.05, 0.1) is 17.8 Å². The number of rotatable bonds is 2. The fourth-order valence-corrected chi connectivity index (χ4v) is 2.11. The van der Waals surface area contributed by atoms with E-state index in [-0.39, 0.29) is 25.0 Å². The molecule has 0 bridgehead atoms. The summed E-state index contributed by atoms with van der Waals surface area (Å²) in [6, 6.07) is 8.62. The molecule has 1 aliphatic rings. The summed E-state index contributed by atoms with van der Waals surface area (Å²) in [6.45, 7) is 0.176. The summed E-state index contributed by atoms with van der Waals surface area (Å²) in [6.07, 6.45) is 1.67. The predicted molar refractivity (Wildman–Crippen MR) is 73.1 cm³/mol. The first-order chi connectivity index (χ1) is 9.74. The van der Waals surface area contributed by atoms with Gasteiger partial charge in [0.25, 0.3) is 0 Å². The van der Waals surface area contributed by atoms with Crippen LogP contribution in [0.3, 0.4) is 0 Å². The number of para-hydroxylation sites is 1. The number of anilines is 1. The van der Waals surface area contributed by atoms with Gasteiger partial charge in [-0.2, -0.15) is 0 Å². The second kappa shape index (κ2) is 5.26. The van der Waals surface area contributed by atoms with Gasteiger partial charge in [-0.1, -0.05) is 18.2 Å². The molecule has 1 atom stereocenters. The fourth-order valence-electron chi connectivity index (χ4n) is 2.11. The van der Waals surface area contributed by atoms with E-state index in [2.05, 4.69) is 15.6 Å². The van der Waals surface area contributed by atoms with Crippen molar-refractivity contribution in [2.45, 2.75) is 6.04 Å². The number of carbonyl (C=O) groups excluding carboxylic acids is 2. The smallest absolute Gasteiger partial charge is 0.249 e. The second-order valence-corrected chi connectivity index (χ2v) is 4.51. The molecule has 2 N–H and O–H groups in total. The molecule has 0 saturated carbocycles. The van der Waals surface area contributed by atoms with Crippen molar-refractivity contribution < 1.29 is 14.3 Å². The average molecular weight is 271 g/mol. The molecule has 2 amide bonds. The number of ether oxygens (including phenoxy) is 1. The van der Waals surface area contributed by atoms with Gasteiger partial charge in [-0.3, -0.25) is 14.6 Å². The van der Waals surface area contributed by atoms with E-state index < -0.39 is 6.04 Å². The average Bonchev–Trinajstić information content (AvgIpc) is 2.47. The van der Waals surface area contributed by atoms with Crippen molar-refractivity contribution in [1.29, 1.82) is 0 Å². The summed E-state index contributed by atoms with van der Waals surface area (Å²) < 4.78 is 5.05. The minimum Gasteiger partial charge on any atom is -0.369 e. The summed E-state index contributed by atoms with van der Waals surface area (Å²) in [5.74, 6) is -0.594. The molecule has 6 nitrogen and oxygen atoms in total. The summed E-state index contributed by atoms with van der Waals surface area (Å²) in [5, 5.41) is 6.31. The van der Waals surface area contributed by atoms with Crippen molar-refractivity contribution in [3.63, 3.8) is 0 Å². The first-order valence-electron chi connectivity index (χ1n) is 6.26. The molecular weight excluding hydrogens is 258 g/mol. The van der Waals surface area contributed by atoms with E-state index in [0.29, 0.717) is 11.2 Å². The number of carbonyl (C=O) groups is 2. The highest BCUT2D eigenvalue weighted by molar-refractivity contribution is 6.03. The number of hydrogen-bond donors (Lipinski definition) is 2. The Hall–Kier alpha value is -2.47. The molecule has 2 heterocycles. The Balaban J connectivity index is 1.82. The van der Waals surface area contributed by atoms with E-state index in [1.54, 1.807) is 12.3 Å². The Morgan fingerprint density at radius 2 is 2.20 bits per heavy atom. The standard InChI is InChI=1S/C14H13N3O3/c18-12-8-20-7-11(16-12)14(19)17-10-5-1-3-9-4-2-6-15-13(9)10/h1-6,11H,7-8H2,(H,16,18)(H,17,19). The van der Waals surface area contributed by atoms with Crippen molar-refractivity contribution in [3.8, 4) is 0 Å². The first kappa shape index (κ1) is 12.6. The number of amides is 2. The van der Waals surface area contributed by atoms with E-state index in [9.17, 15) is 9.59 Å². The van der Waals surface area contributed by atoms with Gasteiger partial charge in [0.15, 0.2) is 0 Å². The molecule has 3 rings (SSSR count). The maximum absolute atomic E-state index is 12.1. The number of nitrogens with zero attached hydrogens (tertiary/aromatic N) is 1. The van der Waals surface area contributed by atoms with Gasteiger partial charge in [-0.05, 0) is 12.1 Å². The third-order valence-electron chi connectivity index (χ3n) is 3.06. The van der Waals surface area contributed by atoms with Crippen molar-refractivity contribution in [1.82, 2.24) is 10.3 Å². The maximum Gasteiger partial charge on any atom is 0.249 e. The number of aromatic nitrogens is 1. The van der Waals surface area contributed by atoms with Crippen LogP contribution < -0.4 is 10.6 Å².